The summed E-state index contributed by atoms with van der Waals surface area (Å²) in [5.74, 6) is 0.262. The Hall–Kier alpha value is -1.65. The van der Waals surface area contributed by atoms with E-state index in [0.29, 0.717) is 17.9 Å². The zero-order valence-corrected chi connectivity index (χ0v) is 10.9. The molecular formula is C14H18N2O3. The SMILES string of the molecule is O=C1CCCCC1C1CCCN1C(=O)c1ccon1. The molecule has 2 heterocycles. The molecule has 102 valence electrons. The number of carbonyl (C=O) groups is 2. The lowest BCUT2D eigenvalue weighted by Crippen LogP contribution is -2.43. The fraction of sp³-hybridized carbons (Fsp3) is 0.643. The Bertz CT molecular complexity index is 469. The van der Waals surface area contributed by atoms with Gasteiger partial charge in [-0.1, -0.05) is 11.6 Å². The number of rotatable bonds is 2. The van der Waals surface area contributed by atoms with Gasteiger partial charge in [0.15, 0.2) is 5.69 Å². The molecule has 1 saturated carbocycles. The van der Waals surface area contributed by atoms with Gasteiger partial charge in [0.1, 0.15) is 12.0 Å². The molecule has 1 aliphatic heterocycles. The monoisotopic (exact) mass is 262 g/mol. The summed E-state index contributed by atoms with van der Waals surface area (Å²) in [5, 5.41) is 3.71. The average Bonchev–Trinajstić information content (AvgIpc) is 3.10. The van der Waals surface area contributed by atoms with Gasteiger partial charge >= 0.3 is 0 Å². The number of amides is 1. The summed E-state index contributed by atoms with van der Waals surface area (Å²) in [6.07, 6.45) is 7.00. The van der Waals surface area contributed by atoms with Gasteiger partial charge < -0.3 is 9.42 Å². The van der Waals surface area contributed by atoms with E-state index in [1.165, 1.54) is 6.26 Å². The highest BCUT2D eigenvalue weighted by Crippen LogP contribution is 2.33. The van der Waals surface area contributed by atoms with E-state index in [-0.39, 0.29) is 17.9 Å². The molecule has 19 heavy (non-hydrogen) atoms. The van der Waals surface area contributed by atoms with Crippen LogP contribution < -0.4 is 0 Å². The molecule has 0 N–H and O–H groups in total. The number of aromatic nitrogens is 1. The minimum Gasteiger partial charge on any atom is -0.364 e. The first-order valence-electron chi connectivity index (χ1n) is 7.01. The molecule has 1 amide bonds. The summed E-state index contributed by atoms with van der Waals surface area (Å²) in [5.41, 5.74) is 0.343. The van der Waals surface area contributed by atoms with E-state index in [9.17, 15) is 9.59 Å². The molecule has 2 fully saturated rings. The molecule has 2 aliphatic rings. The molecule has 1 saturated heterocycles. The van der Waals surface area contributed by atoms with Crippen molar-refractivity contribution >= 4 is 11.7 Å². The minimum absolute atomic E-state index is 0.0344. The van der Waals surface area contributed by atoms with E-state index in [4.69, 9.17) is 4.52 Å². The van der Waals surface area contributed by atoms with Gasteiger partial charge in [-0.2, -0.15) is 0 Å². The van der Waals surface area contributed by atoms with E-state index in [1.807, 2.05) is 4.90 Å². The van der Waals surface area contributed by atoms with Gasteiger partial charge in [-0.15, -0.1) is 0 Å². The lowest BCUT2D eigenvalue weighted by Gasteiger charge is -2.32. The molecule has 5 nitrogen and oxygen atoms in total. The van der Waals surface area contributed by atoms with Crippen LogP contribution in [-0.4, -0.2) is 34.3 Å². The molecular weight excluding hydrogens is 244 g/mol. The van der Waals surface area contributed by atoms with Crippen molar-refractivity contribution in [2.75, 3.05) is 6.54 Å². The third kappa shape index (κ3) is 2.29. The van der Waals surface area contributed by atoms with Crippen LogP contribution in [0.15, 0.2) is 16.9 Å². The molecule has 2 unspecified atom stereocenters. The maximum atomic E-state index is 12.4. The first-order chi connectivity index (χ1) is 9.27. The van der Waals surface area contributed by atoms with Gasteiger partial charge in [0.2, 0.25) is 0 Å². The van der Waals surface area contributed by atoms with E-state index in [1.54, 1.807) is 6.07 Å². The van der Waals surface area contributed by atoms with E-state index in [0.717, 1.165) is 38.6 Å². The van der Waals surface area contributed by atoms with Crippen LogP contribution in [0, 0.1) is 5.92 Å². The normalized spacial score (nSPS) is 27.8. The van der Waals surface area contributed by atoms with Crippen LogP contribution in [0.4, 0.5) is 0 Å². The highest BCUT2D eigenvalue weighted by Gasteiger charge is 2.39. The number of likely N-dealkylation sites (tertiary alicyclic amines) is 1. The number of hydrogen-bond acceptors (Lipinski definition) is 4. The lowest BCUT2D eigenvalue weighted by atomic mass is 9.82. The Morgan fingerprint density at radius 1 is 1.32 bits per heavy atom. The summed E-state index contributed by atoms with van der Waals surface area (Å²) in [6, 6.07) is 1.65. The van der Waals surface area contributed by atoms with Gasteiger partial charge in [-0.3, -0.25) is 9.59 Å². The van der Waals surface area contributed by atoms with Crippen molar-refractivity contribution in [3.63, 3.8) is 0 Å². The molecule has 0 aromatic carbocycles. The first kappa shape index (κ1) is 12.4. The maximum absolute atomic E-state index is 12.4. The molecule has 1 aromatic rings. The Morgan fingerprint density at radius 3 is 2.95 bits per heavy atom. The van der Waals surface area contributed by atoms with E-state index >= 15 is 0 Å². The van der Waals surface area contributed by atoms with Crippen LogP contribution in [-0.2, 0) is 4.79 Å². The van der Waals surface area contributed by atoms with Crippen LogP contribution >= 0.6 is 0 Å². The molecule has 3 rings (SSSR count). The summed E-state index contributed by atoms with van der Waals surface area (Å²) in [7, 11) is 0. The summed E-state index contributed by atoms with van der Waals surface area (Å²) < 4.78 is 4.73. The number of carbonyl (C=O) groups excluding carboxylic acids is 2. The molecule has 0 radical (unpaired) electrons. The minimum atomic E-state index is -0.102. The van der Waals surface area contributed by atoms with Crippen molar-refractivity contribution in [1.82, 2.24) is 10.1 Å². The predicted octanol–water partition coefficient (Wildman–Crippen LogP) is 2.04. The molecule has 0 spiro atoms. The first-order valence-corrected chi connectivity index (χ1v) is 7.01. The molecule has 5 heteroatoms. The predicted molar refractivity (Wildman–Crippen MR) is 67.5 cm³/mol. The zero-order chi connectivity index (χ0) is 13.2. The van der Waals surface area contributed by atoms with E-state index in [2.05, 4.69) is 5.16 Å². The van der Waals surface area contributed by atoms with Gasteiger partial charge in [0.25, 0.3) is 5.91 Å². The Balaban J connectivity index is 1.77. The van der Waals surface area contributed by atoms with Gasteiger partial charge in [0, 0.05) is 31.0 Å². The standard InChI is InChI=1S/C14H18N2O3/c17-13-6-2-1-4-10(13)12-5-3-8-16(12)14(18)11-7-9-19-15-11/h7,9-10,12H,1-6,8H2. The molecule has 2 atom stereocenters. The van der Waals surface area contributed by atoms with Crippen LogP contribution in [0.1, 0.15) is 49.0 Å². The van der Waals surface area contributed by atoms with Crippen molar-refractivity contribution in [2.24, 2.45) is 5.92 Å². The number of hydrogen-bond donors (Lipinski definition) is 0. The van der Waals surface area contributed by atoms with Gasteiger partial charge in [-0.25, -0.2) is 0 Å². The quantitative estimate of drug-likeness (QED) is 0.818. The third-order valence-corrected chi connectivity index (χ3v) is 4.28. The number of Topliss-reactive ketones (excluding diaryl/α,β-unsaturated/α-hetero) is 1. The van der Waals surface area contributed by atoms with Crippen molar-refractivity contribution < 1.29 is 14.1 Å². The van der Waals surface area contributed by atoms with Crippen LogP contribution in [0.2, 0.25) is 0 Å². The maximum Gasteiger partial charge on any atom is 0.276 e. The van der Waals surface area contributed by atoms with E-state index < -0.39 is 0 Å². The number of ketones is 1. The Morgan fingerprint density at radius 2 is 2.21 bits per heavy atom. The Labute approximate surface area is 111 Å². The molecule has 0 bridgehead atoms. The zero-order valence-electron chi connectivity index (χ0n) is 10.9. The second kappa shape index (κ2) is 5.15. The van der Waals surface area contributed by atoms with Crippen LogP contribution in [0.5, 0.6) is 0 Å². The summed E-state index contributed by atoms with van der Waals surface area (Å²) in [6.45, 7) is 0.722. The molecule has 1 aliphatic carbocycles. The Kier molecular flexibility index (Phi) is 3.36. The van der Waals surface area contributed by atoms with Crippen molar-refractivity contribution in [1.29, 1.82) is 0 Å². The lowest BCUT2D eigenvalue weighted by molar-refractivity contribution is -0.126. The smallest absolute Gasteiger partial charge is 0.276 e. The third-order valence-electron chi connectivity index (χ3n) is 4.28. The van der Waals surface area contributed by atoms with Crippen molar-refractivity contribution in [3.05, 3.63) is 18.0 Å². The van der Waals surface area contributed by atoms with Gasteiger partial charge in [-0.05, 0) is 25.7 Å². The van der Waals surface area contributed by atoms with Crippen LogP contribution in [0.25, 0.3) is 0 Å². The highest BCUT2D eigenvalue weighted by atomic mass is 16.5. The summed E-state index contributed by atoms with van der Waals surface area (Å²) >= 11 is 0. The largest absolute Gasteiger partial charge is 0.364 e. The molecule has 1 aromatic heterocycles. The van der Waals surface area contributed by atoms with Crippen LogP contribution in [0.3, 0.4) is 0 Å². The average molecular weight is 262 g/mol. The van der Waals surface area contributed by atoms with Crippen molar-refractivity contribution in [3.8, 4) is 0 Å². The fourth-order valence-electron chi connectivity index (χ4n) is 3.35. The number of nitrogens with zero attached hydrogens (tertiary/aromatic N) is 2. The highest BCUT2D eigenvalue weighted by molar-refractivity contribution is 5.93. The second-order valence-electron chi connectivity index (χ2n) is 5.41. The van der Waals surface area contributed by atoms with Crippen molar-refractivity contribution in [2.45, 2.75) is 44.6 Å². The summed E-state index contributed by atoms with van der Waals surface area (Å²) in [4.78, 5) is 26.2. The fourth-order valence-corrected chi connectivity index (χ4v) is 3.35. The van der Waals surface area contributed by atoms with Gasteiger partial charge in [0.05, 0.1) is 0 Å². The topological polar surface area (TPSA) is 63.4 Å². The second-order valence-corrected chi connectivity index (χ2v) is 5.41.